The highest BCUT2D eigenvalue weighted by atomic mass is 32.2. The summed E-state index contributed by atoms with van der Waals surface area (Å²) in [5, 5.41) is 0. The van der Waals surface area contributed by atoms with Crippen molar-refractivity contribution in [1.29, 1.82) is 0 Å². The smallest absolute Gasteiger partial charge is 0.207 e. The molecule has 1 heterocycles. The molecule has 0 aliphatic carbocycles. The first-order valence-corrected chi connectivity index (χ1v) is 11.7. The lowest BCUT2D eigenvalue weighted by Crippen LogP contribution is -2.54. The molecule has 0 bridgehead atoms. The first-order valence-electron chi connectivity index (χ1n) is 8.85. The van der Waals surface area contributed by atoms with E-state index in [9.17, 15) is 25.6 Å². The van der Waals surface area contributed by atoms with E-state index in [4.69, 9.17) is 0 Å². The zero-order chi connectivity index (χ0) is 20.2. The highest BCUT2D eigenvalue weighted by Gasteiger charge is 2.36. The number of benzene rings is 1. The van der Waals surface area contributed by atoms with Gasteiger partial charge in [-0.1, -0.05) is 13.8 Å². The van der Waals surface area contributed by atoms with Gasteiger partial charge in [-0.25, -0.2) is 17.2 Å². The van der Waals surface area contributed by atoms with Gasteiger partial charge < -0.3 is 0 Å². The van der Waals surface area contributed by atoms with Crippen LogP contribution < -0.4 is 0 Å². The van der Waals surface area contributed by atoms with Crippen LogP contribution in [0.1, 0.15) is 26.7 Å². The van der Waals surface area contributed by atoms with Crippen LogP contribution >= 0.6 is 0 Å². The molecular formula is C16H25F2N3O4S2. The molecule has 1 aliphatic heterocycles. The lowest BCUT2D eigenvalue weighted by Gasteiger charge is -2.36. The first kappa shape index (κ1) is 22.2. The minimum atomic E-state index is -4.16. The topological polar surface area (TPSA) is 78.0 Å². The van der Waals surface area contributed by atoms with Crippen LogP contribution in [0.15, 0.2) is 23.1 Å². The lowest BCUT2D eigenvalue weighted by molar-refractivity contribution is 0.253. The second kappa shape index (κ2) is 8.91. The number of halogens is 2. The molecule has 0 unspecified atom stereocenters. The van der Waals surface area contributed by atoms with E-state index in [2.05, 4.69) is 0 Å². The highest BCUT2D eigenvalue weighted by Crippen LogP contribution is 2.22. The SMILES string of the molecule is CCCN(CCC)S(=O)(=O)N1CCN(S(=O)(=O)c2ccc(F)cc2F)CC1. The minimum Gasteiger partial charge on any atom is -0.207 e. The van der Waals surface area contributed by atoms with Gasteiger partial charge in [0.25, 0.3) is 10.2 Å². The van der Waals surface area contributed by atoms with Crippen molar-refractivity contribution in [2.45, 2.75) is 31.6 Å². The predicted octanol–water partition coefficient (Wildman–Crippen LogP) is 1.64. The zero-order valence-electron chi connectivity index (χ0n) is 15.4. The molecule has 0 spiro atoms. The van der Waals surface area contributed by atoms with Crippen molar-refractivity contribution in [1.82, 2.24) is 12.9 Å². The summed E-state index contributed by atoms with van der Waals surface area (Å²) in [6.07, 6.45) is 1.36. The Bertz CT molecular complexity index is 848. The van der Waals surface area contributed by atoms with Crippen LogP contribution in [-0.4, -0.2) is 69.0 Å². The van der Waals surface area contributed by atoms with Crippen LogP contribution in [0.5, 0.6) is 0 Å². The van der Waals surface area contributed by atoms with E-state index in [1.54, 1.807) is 0 Å². The summed E-state index contributed by atoms with van der Waals surface area (Å²) in [7, 11) is -7.84. The fourth-order valence-corrected chi connectivity index (χ4v) is 6.21. The molecule has 1 fully saturated rings. The van der Waals surface area contributed by atoms with Crippen LogP contribution in [0.25, 0.3) is 0 Å². The summed E-state index contributed by atoms with van der Waals surface area (Å²) >= 11 is 0. The molecule has 1 aromatic carbocycles. The van der Waals surface area contributed by atoms with E-state index in [0.29, 0.717) is 32.0 Å². The maximum Gasteiger partial charge on any atom is 0.282 e. The van der Waals surface area contributed by atoms with E-state index in [1.807, 2.05) is 13.8 Å². The summed E-state index contributed by atoms with van der Waals surface area (Å²) in [6.45, 7) is 4.35. The van der Waals surface area contributed by atoms with E-state index in [0.717, 1.165) is 16.4 Å². The van der Waals surface area contributed by atoms with Gasteiger partial charge in [-0.15, -0.1) is 0 Å². The van der Waals surface area contributed by atoms with Crippen LogP contribution in [0.3, 0.4) is 0 Å². The van der Waals surface area contributed by atoms with Gasteiger partial charge in [-0.2, -0.15) is 21.3 Å². The van der Waals surface area contributed by atoms with Crippen molar-refractivity contribution < 1.29 is 25.6 Å². The summed E-state index contributed by atoms with van der Waals surface area (Å²) in [5.74, 6) is -2.03. The fourth-order valence-electron chi connectivity index (χ4n) is 2.97. The molecule has 0 saturated carbocycles. The second-order valence-corrected chi connectivity index (χ2v) is 10.1. The Kier molecular flexibility index (Phi) is 7.31. The monoisotopic (exact) mass is 425 g/mol. The first-order chi connectivity index (χ1) is 12.6. The summed E-state index contributed by atoms with van der Waals surface area (Å²) in [5.41, 5.74) is 0. The normalized spacial score (nSPS) is 17.5. The summed E-state index contributed by atoms with van der Waals surface area (Å²) in [4.78, 5) is -0.612. The van der Waals surface area contributed by atoms with Crippen molar-refractivity contribution in [3.05, 3.63) is 29.8 Å². The Morgan fingerprint density at radius 3 is 1.93 bits per heavy atom. The molecule has 0 atom stereocenters. The van der Waals surface area contributed by atoms with Gasteiger partial charge in [-0.05, 0) is 25.0 Å². The highest BCUT2D eigenvalue weighted by molar-refractivity contribution is 7.89. The van der Waals surface area contributed by atoms with Gasteiger partial charge in [-0.3, -0.25) is 0 Å². The Hall–Kier alpha value is -1.14. The Labute approximate surface area is 159 Å². The molecule has 0 amide bonds. The van der Waals surface area contributed by atoms with Crippen molar-refractivity contribution >= 4 is 20.2 Å². The van der Waals surface area contributed by atoms with Crippen LogP contribution in [0, 0.1) is 11.6 Å². The molecule has 11 heteroatoms. The van der Waals surface area contributed by atoms with Crippen LogP contribution in [0.2, 0.25) is 0 Å². The van der Waals surface area contributed by atoms with Gasteiger partial charge in [0, 0.05) is 45.3 Å². The maximum atomic E-state index is 13.9. The minimum absolute atomic E-state index is 0.0195. The zero-order valence-corrected chi connectivity index (χ0v) is 17.1. The molecule has 7 nitrogen and oxygen atoms in total. The molecule has 0 aromatic heterocycles. The number of nitrogens with zero attached hydrogens (tertiary/aromatic N) is 3. The summed E-state index contributed by atoms with van der Waals surface area (Å²) < 4.78 is 81.3. The third-order valence-electron chi connectivity index (χ3n) is 4.31. The van der Waals surface area contributed by atoms with E-state index >= 15 is 0 Å². The van der Waals surface area contributed by atoms with E-state index < -0.39 is 36.8 Å². The molecule has 154 valence electrons. The Morgan fingerprint density at radius 1 is 0.926 bits per heavy atom. The standard InChI is InChI=1S/C16H25F2N3O4S2/c1-3-7-20(8-4-2)27(24,25)21-11-9-19(10-12-21)26(22,23)16-6-5-14(17)13-15(16)18/h5-6,13H,3-4,7-12H2,1-2H3. The quantitative estimate of drug-likeness (QED) is 0.634. The van der Waals surface area contributed by atoms with Gasteiger partial charge in [0.2, 0.25) is 10.0 Å². The van der Waals surface area contributed by atoms with Crippen molar-refractivity contribution in [2.75, 3.05) is 39.3 Å². The average molecular weight is 426 g/mol. The van der Waals surface area contributed by atoms with Gasteiger partial charge in [0.15, 0.2) is 0 Å². The van der Waals surface area contributed by atoms with Crippen molar-refractivity contribution in [3.8, 4) is 0 Å². The average Bonchev–Trinajstić information content (AvgIpc) is 2.61. The number of hydrogen-bond donors (Lipinski definition) is 0. The Balaban J connectivity index is 2.14. The number of hydrogen-bond acceptors (Lipinski definition) is 4. The number of piperazine rings is 1. The molecule has 2 rings (SSSR count). The molecule has 0 N–H and O–H groups in total. The van der Waals surface area contributed by atoms with Gasteiger partial charge >= 0.3 is 0 Å². The predicted molar refractivity (Wildman–Crippen MR) is 97.8 cm³/mol. The third kappa shape index (κ3) is 4.83. The van der Waals surface area contributed by atoms with E-state index in [-0.39, 0.29) is 26.2 Å². The van der Waals surface area contributed by atoms with Gasteiger partial charge in [0.05, 0.1) is 0 Å². The second-order valence-electron chi connectivity index (χ2n) is 6.28. The molecule has 27 heavy (non-hydrogen) atoms. The van der Waals surface area contributed by atoms with Gasteiger partial charge in [0.1, 0.15) is 16.5 Å². The molecule has 1 aromatic rings. The van der Waals surface area contributed by atoms with Crippen molar-refractivity contribution in [3.63, 3.8) is 0 Å². The van der Waals surface area contributed by atoms with E-state index in [1.165, 1.54) is 8.61 Å². The fraction of sp³-hybridized carbons (Fsp3) is 0.625. The largest absolute Gasteiger partial charge is 0.282 e. The molecular weight excluding hydrogens is 400 g/mol. The molecule has 1 saturated heterocycles. The lowest BCUT2D eigenvalue weighted by atomic mass is 10.3. The summed E-state index contributed by atoms with van der Waals surface area (Å²) in [6, 6.07) is 2.28. The Morgan fingerprint density at radius 2 is 1.44 bits per heavy atom. The number of rotatable bonds is 8. The maximum absolute atomic E-state index is 13.9. The van der Waals surface area contributed by atoms with Crippen LogP contribution in [-0.2, 0) is 20.2 Å². The number of sulfonamides is 1. The molecule has 0 radical (unpaired) electrons. The van der Waals surface area contributed by atoms with Crippen molar-refractivity contribution in [2.24, 2.45) is 0 Å². The molecule has 1 aliphatic rings. The third-order valence-corrected chi connectivity index (χ3v) is 8.28. The van der Waals surface area contributed by atoms with Crippen LogP contribution in [0.4, 0.5) is 8.78 Å².